The van der Waals surface area contributed by atoms with Crippen LogP contribution in [0.4, 0.5) is 0 Å². The van der Waals surface area contributed by atoms with Crippen LogP contribution in [0.25, 0.3) is 0 Å². The summed E-state index contributed by atoms with van der Waals surface area (Å²) >= 11 is 0. The van der Waals surface area contributed by atoms with Gasteiger partial charge in [-0.2, -0.15) is 0 Å². The summed E-state index contributed by atoms with van der Waals surface area (Å²) in [5, 5.41) is 0. The minimum atomic E-state index is -0.511. The lowest BCUT2D eigenvalue weighted by atomic mass is 10.6. The Hall–Kier alpha value is 0.495. The van der Waals surface area contributed by atoms with Gasteiger partial charge in [-0.25, -0.2) is 0 Å². The van der Waals surface area contributed by atoms with Crippen molar-refractivity contribution in [3.8, 4) is 0 Å². The molecule has 2 heteroatoms. The molecule has 0 aliphatic rings. The van der Waals surface area contributed by atoms with E-state index in [0.29, 0.717) is 0 Å². The Morgan fingerprint density at radius 3 is 1.18 bits per heavy atom. The van der Waals surface area contributed by atoms with E-state index in [9.17, 15) is 0 Å². The van der Waals surface area contributed by atoms with Crippen molar-refractivity contribution in [2.75, 3.05) is 18.5 Å². The molecule has 0 aromatic heterocycles. The molecule has 0 fully saturated rings. The quantitative estimate of drug-likeness (QED) is 0.454. The average Bonchev–Trinajstić information content (AvgIpc) is 1.92. The van der Waals surface area contributed by atoms with Gasteiger partial charge in [-0.3, -0.25) is 0 Å². The Labute approximate surface area is 75.1 Å². The van der Waals surface area contributed by atoms with Crippen molar-refractivity contribution in [2.45, 2.75) is 40.3 Å². The second kappa shape index (κ2) is 6.06. The predicted molar refractivity (Wildman–Crippen MR) is 65.0 cm³/mol. The van der Waals surface area contributed by atoms with Crippen LogP contribution < -0.4 is 0 Å². The standard InChI is InChI=1S/C9H22P.BH4/c1-6-10(7-2,8-3)9(4)5;/h9H,6-8H2,1-5H3;1H4/q+1;-1. The molecule has 0 saturated heterocycles. The second-order valence-corrected chi connectivity index (χ2v) is 8.63. The maximum Gasteiger partial charge on any atom is 0.0641 e. The fourth-order valence-corrected chi connectivity index (χ4v) is 5.30. The van der Waals surface area contributed by atoms with Crippen LogP contribution in [0.3, 0.4) is 0 Å². The molecule has 0 unspecified atom stereocenters. The molecule has 0 aromatic carbocycles. The maximum absolute atomic E-state index is 2.39. The van der Waals surface area contributed by atoms with Gasteiger partial charge in [0.05, 0.1) is 24.1 Å². The smallest absolute Gasteiger partial charge is 0.0626 e. The number of rotatable bonds is 4. The van der Waals surface area contributed by atoms with E-state index in [2.05, 4.69) is 34.6 Å². The zero-order chi connectivity index (χ0) is 8.20. The van der Waals surface area contributed by atoms with Gasteiger partial charge in [0.2, 0.25) is 0 Å². The van der Waals surface area contributed by atoms with Crippen LogP contribution in [0, 0.1) is 0 Å². The minimum absolute atomic E-state index is 0. The van der Waals surface area contributed by atoms with Gasteiger partial charge in [0.25, 0.3) is 0 Å². The van der Waals surface area contributed by atoms with E-state index in [1.165, 1.54) is 18.5 Å². The van der Waals surface area contributed by atoms with Gasteiger partial charge < -0.3 is 0 Å². The maximum atomic E-state index is 2.39. The van der Waals surface area contributed by atoms with Gasteiger partial charge in [0.15, 0.2) is 0 Å². The summed E-state index contributed by atoms with van der Waals surface area (Å²) in [4.78, 5) is 0. The van der Waals surface area contributed by atoms with Gasteiger partial charge in [-0.1, -0.05) is 8.41 Å². The van der Waals surface area contributed by atoms with E-state index in [1.54, 1.807) is 0 Å². The highest BCUT2D eigenvalue weighted by Crippen LogP contribution is 2.61. The van der Waals surface area contributed by atoms with E-state index in [1.807, 2.05) is 0 Å². The number of hydrogen-bond donors (Lipinski definition) is 0. The van der Waals surface area contributed by atoms with E-state index in [0.717, 1.165) is 5.66 Å². The third-order valence-electron chi connectivity index (χ3n) is 2.98. The molecule has 11 heavy (non-hydrogen) atoms. The second-order valence-electron chi connectivity index (χ2n) is 3.26. The highest BCUT2D eigenvalue weighted by Gasteiger charge is 2.34. The van der Waals surface area contributed by atoms with Gasteiger partial charge in [-0.15, -0.1) is 0 Å². The molecule has 0 N–H and O–H groups in total. The lowest BCUT2D eigenvalue weighted by Gasteiger charge is -2.27. The Morgan fingerprint density at radius 2 is 1.18 bits per heavy atom. The van der Waals surface area contributed by atoms with Crippen molar-refractivity contribution in [3.63, 3.8) is 0 Å². The molecule has 0 amide bonds. The first-order chi connectivity index (χ1) is 4.63. The van der Waals surface area contributed by atoms with E-state index in [-0.39, 0.29) is 8.41 Å². The third kappa shape index (κ3) is 3.15. The molecule has 0 radical (unpaired) electrons. The summed E-state index contributed by atoms with van der Waals surface area (Å²) in [6.07, 6.45) is 4.33. The van der Waals surface area contributed by atoms with E-state index in [4.69, 9.17) is 0 Å². The molecular formula is C9H26BP. The summed E-state index contributed by atoms with van der Waals surface area (Å²) in [6.45, 7) is 11.9. The monoisotopic (exact) mass is 176 g/mol. The normalized spacial score (nSPS) is 11.5. The molecule has 0 spiro atoms. The summed E-state index contributed by atoms with van der Waals surface area (Å²) in [6, 6.07) is 0. The SMILES string of the molecule is CC[P+](CC)(CC)C(C)C.[BH4-]. The van der Waals surface area contributed by atoms with Crippen LogP contribution in [0.5, 0.6) is 0 Å². The molecule has 0 heterocycles. The van der Waals surface area contributed by atoms with Crippen LogP contribution >= 0.6 is 7.26 Å². The van der Waals surface area contributed by atoms with E-state index >= 15 is 0 Å². The molecule has 0 aromatic rings. The van der Waals surface area contributed by atoms with Crippen molar-refractivity contribution in [2.24, 2.45) is 0 Å². The summed E-state index contributed by atoms with van der Waals surface area (Å²) in [5.41, 5.74) is 0.951. The van der Waals surface area contributed by atoms with Crippen molar-refractivity contribution in [3.05, 3.63) is 0 Å². The Bertz CT molecular complexity index is 79.3. The Morgan fingerprint density at radius 1 is 0.909 bits per heavy atom. The highest BCUT2D eigenvalue weighted by molar-refractivity contribution is 7.76. The molecular weight excluding hydrogens is 150 g/mol. The summed E-state index contributed by atoms with van der Waals surface area (Å²) in [5.74, 6) is 0. The molecule has 0 aliphatic carbocycles. The highest BCUT2D eigenvalue weighted by atomic mass is 31.2. The molecule has 0 saturated carbocycles. The lowest BCUT2D eigenvalue weighted by molar-refractivity contribution is 1.04. The van der Waals surface area contributed by atoms with Crippen LogP contribution in [-0.4, -0.2) is 32.6 Å². The molecule has 0 nitrogen and oxygen atoms in total. The molecule has 0 bridgehead atoms. The van der Waals surface area contributed by atoms with Gasteiger partial charge >= 0.3 is 0 Å². The van der Waals surface area contributed by atoms with E-state index < -0.39 is 7.26 Å². The third-order valence-corrected chi connectivity index (χ3v) is 8.95. The summed E-state index contributed by atoms with van der Waals surface area (Å²) < 4.78 is 0. The minimum Gasteiger partial charge on any atom is -0.0626 e. The largest absolute Gasteiger partial charge is 0.0641 e. The molecule has 0 rings (SSSR count). The van der Waals surface area contributed by atoms with Crippen LogP contribution in [0.2, 0.25) is 0 Å². The van der Waals surface area contributed by atoms with Gasteiger partial charge in [-0.05, 0) is 34.6 Å². The number of hydrogen-bond acceptors (Lipinski definition) is 0. The Kier molecular flexibility index (Phi) is 7.74. The van der Waals surface area contributed by atoms with Crippen LogP contribution in [0.1, 0.15) is 34.6 Å². The summed E-state index contributed by atoms with van der Waals surface area (Å²) in [7, 11) is -0.511. The van der Waals surface area contributed by atoms with Crippen LogP contribution in [0.15, 0.2) is 0 Å². The molecule has 70 valence electrons. The molecule has 0 atom stereocenters. The zero-order valence-corrected chi connectivity index (χ0v) is 9.04. The van der Waals surface area contributed by atoms with Crippen molar-refractivity contribution < 1.29 is 0 Å². The fraction of sp³-hybridized carbons (Fsp3) is 1.00. The first-order valence-electron chi connectivity index (χ1n) is 4.48. The fourth-order valence-electron chi connectivity index (χ4n) is 1.77. The zero-order valence-electron chi connectivity index (χ0n) is 8.15. The molecule has 0 aliphatic heterocycles. The van der Waals surface area contributed by atoms with Gasteiger partial charge in [0, 0.05) is 7.26 Å². The van der Waals surface area contributed by atoms with Crippen molar-refractivity contribution >= 4 is 15.7 Å². The topological polar surface area (TPSA) is 0 Å². The Balaban J connectivity index is 0. The average molecular weight is 176 g/mol. The lowest BCUT2D eigenvalue weighted by Crippen LogP contribution is -2.12. The predicted octanol–water partition coefficient (Wildman–Crippen LogP) is 2.02. The van der Waals surface area contributed by atoms with Crippen LogP contribution in [-0.2, 0) is 0 Å². The first-order valence-corrected chi connectivity index (χ1v) is 6.90. The van der Waals surface area contributed by atoms with Crippen molar-refractivity contribution in [1.29, 1.82) is 0 Å². The van der Waals surface area contributed by atoms with Crippen molar-refractivity contribution in [1.82, 2.24) is 0 Å². The van der Waals surface area contributed by atoms with Gasteiger partial charge in [0.1, 0.15) is 0 Å². The first kappa shape index (κ1) is 14.0.